The lowest BCUT2D eigenvalue weighted by molar-refractivity contribution is -0.143. The number of fused-ring (bicyclic) bond motifs is 1. The number of nitrogens with zero attached hydrogens (tertiary/aromatic N) is 1. The van der Waals surface area contributed by atoms with Gasteiger partial charge < -0.3 is 28.3 Å². The van der Waals surface area contributed by atoms with Crippen LogP contribution in [0.15, 0.2) is 28.7 Å². The molecule has 1 saturated heterocycles. The van der Waals surface area contributed by atoms with Gasteiger partial charge in [0.1, 0.15) is 5.58 Å². The van der Waals surface area contributed by atoms with Crippen molar-refractivity contribution in [1.82, 2.24) is 4.90 Å². The van der Waals surface area contributed by atoms with E-state index < -0.39 is 12.0 Å². The summed E-state index contributed by atoms with van der Waals surface area (Å²) in [7, 11) is 3.38. The molecule has 3 atom stereocenters. The lowest BCUT2D eigenvalue weighted by Crippen LogP contribution is -2.48. The van der Waals surface area contributed by atoms with Crippen LogP contribution in [0.3, 0.4) is 0 Å². The standard InChI is InChI=1S/C38H54FNO8/c1-25(24-39)27-6-8-29(9-7-27)37(42)40-16-15-32(28-10-12-31(45-3)13-11-28)36(40)33(41)22-26-5-14-34-30(21-26)23-35(48-34)38(43)47-18-4-17-46-20-19-44-2/h5,14,21,23,25,27-29,31-32,36H,4,6-13,15-20,22,24H2,1-3H3/t25-,27?,28?,29?,31?,32+,36+/m1/s1. The molecule has 5 rings (SSSR count). The van der Waals surface area contributed by atoms with Crippen molar-refractivity contribution in [2.24, 2.45) is 29.6 Å². The Bertz CT molecular complexity index is 1350. The molecule has 10 heteroatoms. The SMILES string of the molecule is COCCOCCCOC(=O)c1cc2cc(CC(=O)[C@@H]3[C@H](C4CCC(OC)CC4)CCN3C(=O)C3CCC([C@H](C)CF)CC3)ccc2o1. The summed E-state index contributed by atoms with van der Waals surface area (Å²) >= 11 is 0. The van der Waals surface area contributed by atoms with Gasteiger partial charge in [0, 0.05) is 51.5 Å². The fraction of sp³-hybridized carbons (Fsp3) is 0.711. The van der Waals surface area contributed by atoms with Gasteiger partial charge in [-0.2, -0.15) is 0 Å². The van der Waals surface area contributed by atoms with Crippen LogP contribution in [-0.4, -0.2) is 88.6 Å². The average molecular weight is 672 g/mol. The molecule has 1 aliphatic heterocycles. The number of methoxy groups -OCH3 is 2. The molecule has 0 unspecified atom stereocenters. The highest BCUT2D eigenvalue weighted by molar-refractivity contribution is 5.94. The van der Waals surface area contributed by atoms with Gasteiger partial charge >= 0.3 is 5.97 Å². The molecule has 3 aliphatic rings. The third kappa shape index (κ3) is 9.04. The number of esters is 1. The van der Waals surface area contributed by atoms with Gasteiger partial charge in [0.05, 0.1) is 38.6 Å². The van der Waals surface area contributed by atoms with Crippen molar-refractivity contribution in [2.45, 2.75) is 89.7 Å². The van der Waals surface area contributed by atoms with Crippen molar-refractivity contribution in [3.8, 4) is 0 Å². The van der Waals surface area contributed by atoms with E-state index in [0.717, 1.165) is 68.7 Å². The second kappa shape index (κ2) is 17.7. The first-order chi connectivity index (χ1) is 23.3. The third-order valence-electron chi connectivity index (χ3n) is 11.1. The number of amides is 1. The van der Waals surface area contributed by atoms with E-state index in [1.165, 1.54) is 0 Å². The molecule has 0 radical (unpaired) electrons. The topological polar surface area (TPSA) is 105 Å². The molecular formula is C38H54FNO8. The van der Waals surface area contributed by atoms with Crippen molar-refractivity contribution < 1.29 is 42.1 Å². The molecule has 9 nitrogen and oxygen atoms in total. The maximum Gasteiger partial charge on any atom is 0.374 e. The Kier molecular flexibility index (Phi) is 13.5. The summed E-state index contributed by atoms with van der Waals surface area (Å²) in [6.45, 7) is 3.94. The summed E-state index contributed by atoms with van der Waals surface area (Å²) in [6, 6.07) is 6.75. The number of Topliss-reactive ketones (excluding diaryl/α,β-unsaturated/α-hetero) is 1. The molecule has 0 spiro atoms. The number of rotatable bonds is 16. The van der Waals surface area contributed by atoms with Crippen LogP contribution in [0.2, 0.25) is 0 Å². The van der Waals surface area contributed by atoms with E-state index in [4.69, 9.17) is 23.4 Å². The van der Waals surface area contributed by atoms with Gasteiger partial charge in [0.25, 0.3) is 0 Å². The molecule has 2 saturated carbocycles. The second-order valence-electron chi connectivity index (χ2n) is 14.2. The van der Waals surface area contributed by atoms with Gasteiger partial charge in [0.2, 0.25) is 11.7 Å². The Morgan fingerprint density at radius 1 is 0.938 bits per heavy atom. The average Bonchev–Trinajstić information content (AvgIpc) is 3.76. The largest absolute Gasteiger partial charge is 0.460 e. The first kappa shape index (κ1) is 36.5. The Morgan fingerprint density at radius 3 is 2.42 bits per heavy atom. The minimum absolute atomic E-state index is 0.0273. The molecule has 3 fully saturated rings. The van der Waals surface area contributed by atoms with Crippen molar-refractivity contribution >= 4 is 28.6 Å². The summed E-state index contributed by atoms with van der Waals surface area (Å²) in [6.07, 6.45) is 9.08. The number of halogens is 1. The van der Waals surface area contributed by atoms with Gasteiger partial charge in [-0.25, -0.2) is 4.79 Å². The van der Waals surface area contributed by atoms with E-state index in [9.17, 15) is 18.8 Å². The fourth-order valence-electron chi connectivity index (χ4n) is 8.27. The van der Waals surface area contributed by atoms with Crippen molar-refractivity contribution in [3.05, 3.63) is 35.6 Å². The second-order valence-corrected chi connectivity index (χ2v) is 14.2. The summed E-state index contributed by atoms with van der Waals surface area (Å²) in [5, 5.41) is 0.725. The van der Waals surface area contributed by atoms with Crippen LogP contribution in [0.4, 0.5) is 4.39 Å². The number of hydrogen-bond acceptors (Lipinski definition) is 8. The highest BCUT2D eigenvalue weighted by Crippen LogP contribution is 2.42. The van der Waals surface area contributed by atoms with Gasteiger partial charge in [-0.1, -0.05) is 13.0 Å². The van der Waals surface area contributed by atoms with Crippen molar-refractivity contribution in [2.75, 3.05) is 53.9 Å². The van der Waals surface area contributed by atoms with Crippen molar-refractivity contribution in [3.63, 3.8) is 0 Å². The molecule has 0 N–H and O–H groups in total. The lowest BCUT2D eigenvalue weighted by atomic mass is 9.74. The highest BCUT2D eigenvalue weighted by atomic mass is 19.1. The quantitative estimate of drug-likeness (QED) is 0.146. The monoisotopic (exact) mass is 671 g/mol. The van der Waals surface area contributed by atoms with Gasteiger partial charge in [0.15, 0.2) is 5.78 Å². The van der Waals surface area contributed by atoms with E-state index in [2.05, 4.69) is 0 Å². The number of ether oxygens (including phenoxy) is 4. The van der Waals surface area contributed by atoms with Gasteiger partial charge in [-0.15, -0.1) is 0 Å². The number of benzene rings is 1. The lowest BCUT2D eigenvalue weighted by Gasteiger charge is -2.37. The minimum Gasteiger partial charge on any atom is -0.460 e. The van der Waals surface area contributed by atoms with E-state index in [1.54, 1.807) is 26.4 Å². The van der Waals surface area contributed by atoms with Gasteiger partial charge in [-0.05, 0) is 105 Å². The first-order valence-electron chi connectivity index (χ1n) is 18.0. The maximum absolute atomic E-state index is 14.3. The van der Waals surface area contributed by atoms with Crippen LogP contribution in [0.5, 0.6) is 0 Å². The Morgan fingerprint density at radius 2 is 1.71 bits per heavy atom. The smallest absolute Gasteiger partial charge is 0.374 e. The molecule has 266 valence electrons. The normalized spacial score (nSPS) is 26.9. The number of furan rings is 1. The van der Waals surface area contributed by atoms with E-state index in [-0.39, 0.29) is 61.0 Å². The minimum atomic E-state index is -0.542. The van der Waals surface area contributed by atoms with E-state index in [0.29, 0.717) is 50.2 Å². The number of carbonyl (C=O) groups is 3. The molecule has 1 aromatic carbocycles. The summed E-state index contributed by atoms with van der Waals surface area (Å²) in [5.41, 5.74) is 1.37. The molecule has 2 aliphatic carbocycles. The zero-order chi connectivity index (χ0) is 34.0. The Hall–Kier alpha value is -2.82. The van der Waals surface area contributed by atoms with E-state index in [1.807, 2.05) is 24.0 Å². The zero-order valence-electron chi connectivity index (χ0n) is 29.0. The Balaban J connectivity index is 1.25. The van der Waals surface area contributed by atoms with Crippen molar-refractivity contribution in [1.29, 1.82) is 0 Å². The molecule has 48 heavy (non-hydrogen) atoms. The van der Waals surface area contributed by atoms with Crippen LogP contribution in [-0.2, 0) is 35.0 Å². The van der Waals surface area contributed by atoms with Gasteiger partial charge in [-0.3, -0.25) is 14.0 Å². The molecule has 1 aromatic heterocycles. The maximum atomic E-state index is 14.3. The van der Waals surface area contributed by atoms with E-state index >= 15 is 0 Å². The number of alkyl halides is 1. The molecule has 0 bridgehead atoms. The highest BCUT2D eigenvalue weighted by Gasteiger charge is 2.47. The number of ketones is 1. The molecule has 2 heterocycles. The third-order valence-corrected chi connectivity index (χ3v) is 11.1. The van der Waals surface area contributed by atoms with Crippen LogP contribution >= 0.6 is 0 Å². The zero-order valence-corrected chi connectivity index (χ0v) is 29.0. The number of hydrogen-bond donors (Lipinski definition) is 0. The predicted octanol–water partition coefficient (Wildman–Crippen LogP) is 6.59. The van der Waals surface area contributed by atoms with Crippen LogP contribution in [0.1, 0.15) is 87.3 Å². The van der Waals surface area contributed by atoms with Crippen LogP contribution < -0.4 is 0 Å². The number of likely N-dealkylation sites (tertiary alicyclic amines) is 1. The number of carbonyl (C=O) groups excluding carboxylic acids is 3. The van der Waals surface area contributed by atoms with Crippen LogP contribution in [0, 0.1) is 29.6 Å². The summed E-state index contributed by atoms with van der Waals surface area (Å²) in [5.74, 6) is 0.498. The first-order valence-corrected chi connectivity index (χ1v) is 18.0. The molecule has 1 amide bonds. The van der Waals surface area contributed by atoms with Crippen LogP contribution in [0.25, 0.3) is 11.0 Å². The fourth-order valence-corrected chi connectivity index (χ4v) is 8.27. The molecular weight excluding hydrogens is 617 g/mol. The summed E-state index contributed by atoms with van der Waals surface area (Å²) in [4.78, 5) is 42.8. The summed E-state index contributed by atoms with van der Waals surface area (Å²) < 4.78 is 40.4. The molecule has 2 aromatic rings. The predicted molar refractivity (Wildman–Crippen MR) is 179 cm³/mol. The Labute approximate surface area is 284 Å².